The lowest BCUT2D eigenvalue weighted by atomic mass is 10.0. The molecule has 0 radical (unpaired) electrons. The summed E-state index contributed by atoms with van der Waals surface area (Å²) in [5.41, 5.74) is 1.16. The second-order valence-corrected chi connectivity index (χ2v) is 4.04. The molecule has 1 aromatic heterocycles. The van der Waals surface area contributed by atoms with Gasteiger partial charge in [0.15, 0.2) is 0 Å². The molecule has 1 heterocycles. The van der Waals surface area contributed by atoms with Gasteiger partial charge in [-0.3, -0.25) is 4.79 Å². The van der Waals surface area contributed by atoms with E-state index in [1.807, 2.05) is 13.8 Å². The molecule has 0 aliphatic rings. The highest BCUT2D eigenvalue weighted by molar-refractivity contribution is 5.92. The molecule has 0 fully saturated rings. The van der Waals surface area contributed by atoms with Crippen molar-refractivity contribution in [1.29, 1.82) is 0 Å². The molecule has 1 atom stereocenters. The van der Waals surface area contributed by atoms with Crippen molar-refractivity contribution in [3.05, 3.63) is 23.8 Å². The topological polar surface area (TPSA) is 75.1 Å². The lowest BCUT2D eigenvalue weighted by molar-refractivity contribution is 0.0938. The van der Waals surface area contributed by atoms with Gasteiger partial charge in [-0.2, -0.15) is 0 Å². The van der Waals surface area contributed by atoms with Crippen LogP contribution < -0.4 is 5.32 Å². The lowest BCUT2D eigenvalue weighted by Crippen LogP contribution is -2.30. The van der Waals surface area contributed by atoms with Crippen molar-refractivity contribution >= 4 is 5.91 Å². The number of aliphatic hydroxyl groups is 1. The number of hydrogen-bond donors (Lipinski definition) is 2. The molecule has 0 aliphatic heterocycles. The zero-order valence-corrected chi connectivity index (χ0v) is 10.3. The number of hydrogen-bond acceptors (Lipinski definition) is 4. The average molecular weight is 237 g/mol. The lowest BCUT2D eigenvalue weighted by Gasteiger charge is -2.13. The fraction of sp³-hybridized carbons (Fsp3) is 0.583. The second-order valence-electron chi connectivity index (χ2n) is 4.04. The highest BCUT2D eigenvalue weighted by Gasteiger charge is 2.10. The molecule has 0 saturated carbocycles. The Morgan fingerprint density at radius 2 is 2.29 bits per heavy atom. The first kappa shape index (κ1) is 13.6. The molecule has 5 nitrogen and oxygen atoms in total. The number of carbonyl (C=O) groups excluding carboxylic acids is 1. The highest BCUT2D eigenvalue weighted by Crippen LogP contribution is 2.06. The van der Waals surface area contributed by atoms with Crippen LogP contribution in [0.5, 0.6) is 0 Å². The standard InChI is InChI=1S/C12H19N3O2/c1-3-10(4-5-16)7-13-12(17)11-6-9(2)14-8-15-11/h6,8,10,16H,3-5,7H2,1-2H3,(H,13,17). The van der Waals surface area contributed by atoms with E-state index in [0.29, 0.717) is 24.6 Å². The fourth-order valence-electron chi connectivity index (χ4n) is 1.54. The smallest absolute Gasteiger partial charge is 0.270 e. The predicted molar refractivity (Wildman–Crippen MR) is 64.6 cm³/mol. The van der Waals surface area contributed by atoms with Crippen molar-refractivity contribution < 1.29 is 9.90 Å². The minimum absolute atomic E-state index is 0.154. The van der Waals surface area contributed by atoms with Gasteiger partial charge in [0.1, 0.15) is 12.0 Å². The van der Waals surface area contributed by atoms with E-state index in [0.717, 1.165) is 12.1 Å². The number of rotatable bonds is 6. The summed E-state index contributed by atoms with van der Waals surface area (Å²) in [7, 11) is 0. The van der Waals surface area contributed by atoms with Crippen LogP contribution in [-0.2, 0) is 0 Å². The Morgan fingerprint density at radius 1 is 1.53 bits per heavy atom. The first-order chi connectivity index (χ1) is 8.17. The monoisotopic (exact) mass is 237 g/mol. The minimum Gasteiger partial charge on any atom is -0.396 e. The highest BCUT2D eigenvalue weighted by atomic mass is 16.3. The molecule has 5 heteroatoms. The van der Waals surface area contributed by atoms with Crippen LogP contribution in [0.4, 0.5) is 0 Å². The van der Waals surface area contributed by atoms with Crippen LogP contribution in [0.3, 0.4) is 0 Å². The normalized spacial score (nSPS) is 12.2. The number of aromatic nitrogens is 2. The Morgan fingerprint density at radius 3 is 2.88 bits per heavy atom. The third kappa shape index (κ3) is 4.48. The number of amides is 1. The summed E-state index contributed by atoms with van der Waals surface area (Å²) in [6.45, 7) is 4.58. The Labute approximate surface area is 101 Å². The van der Waals surface area contributed by atoms with Gasteiger partial charge >= 0.3 is 0 Å². The molecule has 1 rings (SSSR count). The van der Waals surface area contributed by atoms with Crippen LogP contribution in [-0.4, -0.2) is 34.1 Å². The molecule has 0 aliphatic carbocycles. The van der Waals surface area contributed by atoms with E-state index >= 15 is 0 Å². The van der Waals surface area contributed by atoms with Gasteiger partial charge in [0, 0.05) is 18.8 Å². The summed E-state index contributed by atoms with van der Waals surface area (Å²) in [6.07, 6.45) is 3.03. The van der Waals surface area contributed by atoms with Crippen molar-refractivity contribution in [3.63, 3.8) is 0 Å². The molecule has 0 bridgehead atoms. The summed E-state index contributed by atoms with van der Waals surface area (Å²) >= 11 is 0. The van der Waals surface area contributed by atoms with Crippen LogP contribution >= 0.6 is 0 Å². The van der Waals surface area contributed by atoms with Crippen LogP contribution in [0.15, 0.2) is 12.4 Å². The van der Waals surface area contributed by atoms with Crippen LogP contribution in [0, 0.1) is 12.8 Å². The SMILES string of the molecule is CCC(CCO)CNC(=O)c1cc(C)ncn1. The Balaban J connectivity index is 2.49. The summed E-state index contributed by atoms with van der Waals surface area (Å²) in [5.74, 6) is 0.124. The van der Waals surface area contributed by atoms with Gasteiger partial charge in [0.25, 0.3) is 5.91 Å². The van der Waals surface area contributed by atoms with Crippen molar-refractivity contribution in [2.45, 2.75) is 26.7 Å². The van der Waals surface area contributed by atoms with E-state index in [1.165, 1.54) is 6.33 Å². The molecule has 0 saturated heterocycles. The molecular weight excluding hydrogens is 218 g/mol. The Bertz CT molecular complexity index is 369. The Hall–Kier alpha value is -1.49. The quantitative estimate of drug-likeness (QED) is 0.771. The average Bonchev–Trinajstić information content (AvgIpc) is 2.34. The van der Waals surface area contributed by atoms with Gasteiger partial charge in [-0.15, -0.1) is 0 Å². The van der Waals surface area contributed by atoms with Gasteiger partial charge in [-0.05, 0) is 25.3 Å². The van der Waals surface area contributed by atoms with Crippen molar-refractivity contribution in [2.24, 2.45) is 5.92 Å². The van der Waals surface area contributed by atoms with Gasteiger partial charge in [0.05, 0.1) is 0 Å². The van der Waals surface area contributed by atoms with Crippen molar-refractivity contribution in [3.8, 4) is 0 Å². The van der Waals surface area contributed by atoms with E-state index in [1.54, 1.807) is 6.07 Å². The van der Waals surface area contributed by atoms with Crippen LogP contribution in [0.25, 0.3) is 0 Å². The van der Waals surface area contributed by atoms with Crippen LogP contribution in [0.2, 0.25) is 0 Å². The zero-order valence-electron chi connectivity index (χ0n) is 10.3. The van der Waals surface area contributed by atoms with E-state index in [-0.39, 0.29) is 12.5 Å². The summed E-state index contributed by atoms with van der Waals surface area (Å²) < 4.78 is 0. The zero-order chi connectivity index (χ0) is 12.7. The van der Waals surface area contributed by atoms with E-state index < -0.39 is 0 Å². The first-order valence-corrected chi connectivity index (χ1v) is 5.85. The predicted octanol–water partition coefficient (Wildman–Crippen LogP) is 0.923. The molecule has 94 valence electrons. The molecule has 0 spiro atoms. The maximum absolute atomic E-state index is 11.8. The molecule has 17 heavy (non-hydrogen) atoms. The summed E-state index contributed by atoms with van der Waals surface area (Å²) in [6, 6.07) is 1.66. The minimum atomic E-state index is -0.188. The number of carbonyl (C=O) groups is 1. The number of aliphatic hydroxyl groups excluding tert-OH is 1. The third-order valence-corrected chi connectivity index (χ3v) is 2.70. The molecule has 0 aromatic carbocycles. The van der Waals surface area contributed by atoms with Gasteiger partial charge in [0.2, 0.25) is 0 Å². The maximum Gasteiger partial charge on any atom is 0.270 e. The van der Waals surface area contributed by atoms with Gasteiger partial charge in [-0.1, -0.05) is 13.3 Å². The maximum atomic E-state index is 11.8. The third-order valence-electron chi connectivity index (χ3n) is 2.70. The van der Waals surface area contributed by atoms with Gasteiger partial charge < -0.3 is 10.4 Å². The van der Waals surface area contributed by atoms with Gasteiger partial charge in [-0.25, -0.2) is 9.97 Å². The van der Waals surface area contributed by atoms with Crippen LogP contribution in [0.1, 0.15) is 35.9 Å². The number of nitrogens with one attached hydrogen (secondary N) is 1. The molecule has 1 unspecified atom stereocenters. The molecule has 1 aromatic rings. The Kier molecular flexibility index (Phi) is 5.56. The largest absolute Gasteiger partial charge is 0.396 e. The number of nitrogens with zero attached hydrogens (tertiary/aromatic N) is 2. The van der Waals surface area contributed by atoms with Crippen molar-refractivity contribution in [2.75, 3.05) is 13.2 Å². The molecular formula is C12H19N3O2. The summed E-state index contributed by atoms with van der Waals surface area (Å²) in [5, 5.41) is 11.7. The van der Waals surface area contributed by atoms with E-state index in [9.17, 15) is 4.79 Å². The summed E-state index contributed by atoms with van der Waals surface area (Å²) in [4.78, 5) is 19.6. The first-order valence-electron chi connectivity index (χ1n) is 5.85. The molecule has 1 amide bonds. The van der Waals surface area contributed by atoms with E-state index in [2.05, 4.69) is 15.3 Å². The molecule has 2 N–H and O–H groups in total. The van der Waals surface area contributed by atoms with Crippen molar-refractivity contribution in [1.82, 2.24) is 15.3 Å². The van der Waals surface area contributed by atoms with E-state index in [4.69, 9.17) is 5.11 Å². The number of aryl methyl sites for hydroxylation is 1. The second kappa shape index (κ2) is 6.96. The fourth-order valence-corrected chi connectivity index (χ4v) is 1.54.